The number of urea groups is 1. The summed E-state index contributed by atoms with van der Waals surface area (Å²) in [6.45, 7) is 0. The number of para-hydroxylation sites is 2. The molecule has 0 saturated heterocycles. The fourth-order valence-electron chi connectivity index (χ4n) is 1.50. The van der Waals surface area contributed by atoms with E-state index in [0.29, 0.717) is 0 Å². The Labute approximate surface area is 101 Å². The smallest absolute Gasteiger partial charge is 0.308 e. The zero-order valence-corrected chi connectivity index (χ0v) is 9.63. The summed E-state index contributed by atoms with van der Waals surface area (Å²) in [5.41, 5.74) is 1.65. The van der Waals surface area contributed by atoms with Gasteiger partial charge in [0.15, 0.2) is 0 Å². The predicted molar refractivity (Wildman–Crippen MR) is 70.3 cm³/mol. The van der Waals surface area contributed by atoms with Gasteiger partial charge in [-0.15, -0.1) is 0 Å². The first-order valence-corrected chi connectivity index (χ1v) is 5.42. The molecule has 2 rings (SSSR count). The van der Waals surface area contributed by atoms with Crippen molar-refractivity contribution in [2.45, 2.75) is 0 Å². The van der Waals surface area contributed by atoms with Gasteiger partial charge in [0.2, 0.25) is 0 Å². The number of carbonyl (C=O) groups is 1. The van der Waals surface area contributed by atoms with Gasteiger partial charge in [0.05, 0.1) is 0 Å². The van der Waals surface area contributed by atoms with Crippen LogP contribution in [-0.4, -0.2) is 13.1 Å². The first-order chi connectivity index (χ1) is 8.27. The maximum atomic E-state index is 11.9. The quantitative estimate of drug-likeness (QED) is 0.836. The molecule has 0 aliphatic heterocycles. The van der Waals surface area contributed by atoms with E-state index in [9.17, 15) is 4.79 Å². The molecular weight excluding hydrogens is 212 g/mol. The zero-order valence-electron chi connectivity index (χ0n) is 9.63. The van der Waals surface area contributed by atoms with E-state index in [0.717, 1.165) is 11.4 Å². The van der Waals surface area contributed by atoms with Gasteiger partial charge in [0.1, 0.15) is 0 Å². The number of anilines is 2. The number of nitrogens with zero attached hydrogens (tertiary/aromatic N) is 1. The standard InChI is InChI=1S/C14H14N2O/c1-16(13-10-6-3-7-11-13)14(17)15-12-8-4-2-5-9-12/h2-11H,1H3,(H,15,17). The van der Waals surface area contributed by atoms with Crippen LogP contribution in [0.15, 0.2) is 60.7 Å². The number of carbonyl (C=O) groups excluding carboxylic acids is 1. The lowest BCUT2D eigenvalue weighted by atomic mass is 10.3. The van der Waals surface area contributed by atoms with Gasteiger partial charge in [0.25, 0.3) is 0 Å². The van der Waals surface area contributed by atoms with E-state index < -0.39 is 0 Å². The van der Waals surface area contributed by atoms with Crippen LogP contribution in [0.25, 0.3) is 0 Å². The van der Waals surface area contributed by atoms with Crippen molar-refractivity contribution in [1.29, 1.82) is 0 Å². The molecular formula is C14H14N2O. The summed E-state index contributed by atoms with van der Waals surface area (Å²) in [6.07, 6.45) is 0. The Morgan fingerprint density at radius 1 is 0.941 bits per heavy atom. The Hall–Kier alpha value is -2.29. The molecule has 0 saturated carbocycles. The third-order valence-electron chi connectivity index (χ3n) is 2.47. The fraction of sp³-hybridized carbons (Fsp3) is 0.0714. The zero-order chi connectivity index (χ0) is 12.1. The van der Waals surface area contributed by atoms with Crippen LogP contribution in [0.4, 0.5) is 16.2 Å². The Bertz CT molecular complexity index is 482. The van der Waals surface area contributed by atoms with E-state index in [4.69, 9.17) is 0 Å². The lowest BCUT2D eigenvalue weighted by molar-refractivity contribution is 0.258. The third-order valence-corrected chi connectivity index (χ3v) is 2.47. The summed E-state index contributed by atoms with van der Waals surface area (Å²) in [7, 11) is 1.74. The van der Waals surface area contributed by atoms with Crippen molar-refractivity contribution < 1.29 is 4.79 Å². The van der Waals surface area contributed by atoms with Crippen molar-refractivity contribution in [2.24, 2.45) is 0 Å². The maximum absolute atomic E-state index is 11.9. The van der Waals surface area contributed by atoms with Crippen molar-refractivity contribution in [1.82, 2.24) is 0 Å². The van der Waals surface area contributed by atoms with Crippen molar-refractivity contribution >= 4 is 17.4 Å². The van der Waals surface area contributed by atoms with Gasteiger partial charge in [-0.1, -0.05) is 36.4 Å². The van der Waals surface area contributed by atoms with Gasteiger partial charge in [-0.25, -0.2) is 4.79 Å². The van der Waals surface area contributed by atoms with Crippen LogP contribution in [0.2, 0.25) is 0 Å². The summed E-state index contributed by atoms with van der Waals surface area (Å²) < 4.78 is 0. The molecule has 0 radical (unpaired) electrons. The normalized spacial score (nSPS) is 9.71. The van der Waals surface area contributed by atoms with Crippen LogP contribution >= 0.6 is 0 Å². The van der Waals surface area contributed by atoms with Gasteiger partial charge in [-0.05, 0) is 24.3 Å². The predicted octanol–water partition coefficient (Wildman–Crippen LogP) is 3.35. The molecule has 0 fully saturated rings. The molecule has 2 amide bonds. The molecule has 2 aromatic carbocycles. The fourth-order valence-corrected chi connectivity index (χ4v) is 1.50. The Morgan fingerprint density at radius 3 is 2.06 bits per heavy atom. The van der Waals surface area contributed by atoms with Gasteiger partial charge >= 0.3 is 6.03 Å². The number of amides is 2. The van der Waals surface area contributed by atoms with E-state index in [1.165, 1.54) is 0 Å². The van der Waals surface area contributed by atoms with Crippen molar-refractivity contribution in [3.63, 3.8) is 0 Å². The summed E-state index contributed by atoms with van der Waals surface area (Å²) in [4.78, 5) is 13.5. The second-order valence-electron chi connectivity index (χ2n) is 3.69. The van der Waals surface area contributed by atoms with Crippen LogP contribution in [0.3, 0.4) is 0 Å². The molecule has 17 heavy (non-hydrogen) atoms. The van der Waals surface area contributed by atoms with Gasteiger partial charge < -0.3 is 5.32 Å². The van der Waals surface area contributed by atoms with E-state index in [2.05, 4.69) is 5.32 Å². The molecule has 0 unspecified atom stereocenters. The maximum Gasteiger partial charge on any atom is 0.326 e. The van der Waals surface area contributed by atoms with Crippen LogP contribution in [0, 0.1) is 0 Å². The molecule has 0 aliphatic rings. The van der Waals surface area contributed by atoms with Crippen molar-refractivity contribution in [3.05, 3.63) is 60.7 Å². The second-order valence-corrected chi connectivity index (χ2v) is 3.69. The van der Waals surface area contributed by atoms with Crippen LogP contribution in [0.5, 0.6) is 0 Å². The largest absolute Gasteiger partial charge is 0.326 e. The monoisotopic (exact) mass is 226 g/mol. The number of hydrogen-bond donors (Lipinski definition) is 1. The van der Waals surface area contributed by atoms with E-state index in [-0.39, 0.29) is 6.03 Å². The van der Waals surface area contributed by atoms with Crippen LogP contribution in [0.1, 0.15) is 0 Å². The lowest BCUT2D eigenvalue weighted by Gasteiger charge is -2.17. The van der Waals surface area contributed by atoms with Gasteiger partial charge in [0, 0.05) is 18.4 Å². The average molecular weight is 226 g/mol. The molecule has 0 spiro atoms. The lowest BCUT2D eigenvalue weighted by Crippen LogP contribution is -2.30. The average Bonchev–Trinajstić information content (AvgIpc) is 2.40. The Kier molecular flexibility index (Phi) is 3.40. The minimum absolute atomic E-state index is 0.151. The Balaban J connectivity index is 2.06. The molecule has 0 heterocycles. The van der Waals surface area contributed by atoms with E-state index >= 15 is 0 Å². The molecule has 3 heteroatoms. The third kappa shape index (κ3) is 2.84. The minimum Gasteiger partial charge on any atom is -0.308 e. The second kappa shape index (κ2) is 5.16. The molecule has 1 N–H and O–H groups in total. The summed E-state index contributed by atoms with van der Waals surface area (Å²) in [6, 6.07) is 18.8. The summed E-state index contributed by atoms with van der Waals surface area (Å²) >= 11 is 0. The molecule has 3 nitrogen and oxygen atoms in total. The highest BCUT2D eigenvalue weighted by Gasteiger charge is 2.09. The van der Waals surface area contributed by atoms with Crippen LogP contribution < -0.4 is 10.2 Å². The first-order valence-electron chi connectivity index (χ1n) is 5.42. The highest BCUT2D eigenvalue weighted by molar-refractivity contribution is 6.01. The molecule has 86 valence electrons. The molecule has 0 aliphatic carbocycles. The highest BCUT2D eigenvalue weighted by Crippen LogP contribution is 2.13. The van der Waals surface area contributed by atoms with E-state index in [1.807, 2.05) is 60.7 Å². The topological polar surface area (TPSA) is 32.3 Å². The molecule has 0 aromatic heterocycles. The van der Waals surface area contributed by atoms with Crippen molar-refractivity contribution in [2.75, 3.05) is 17.3 Å². The number of rotatable bonds is 2. The van der Waals surface area contributed by atoms with Crippen molar-refractivity contribution in [3.8, 4) is 0 Å². The Morgan fingerprint density at radius 2 is 1.47 bits per heavy atom. The molecule has 0 bridgehead atoms. The summed E-state index contributed by atoms with van der Waals surface area (Å²) in [5.74, 6) is 0. The van der Waals surface area contributed by atoms with Gasteiger partial charge in [-0.3, -0.25) is 4.90 Å². The van der Waals surface area contributed by atoms with Crippen LogP contribution in [-0.2, 0) is 0 Å². The number of hydrogen-bond acceptors (Lipinski definition) is 1. The number of benzene rings is 2. The summed E-state index contributed by atoms with van der Waals surface area (Å²) in [5, 5.41) is 2.83. The first kappa shape index (κ1) is 11.2. The highest BCUT2D eigenvalue weighted by atomic mass is 16.2. The SMILES string of the molecule is CN(C(=O)Nc1ccccc1)c1ccccc1. The molecule has 0 atom stereocenters. The minimum atomic E-state index is -0.151. The van der Waals surface area contributed by atoms with Gasteiger partial charge in [-0.2, -0.15) is 0 Å². The van der Waals surface area contributed by atoms with E-state index in [1.54, 1.807) is 11.9 Å². The number of nitrogens with one attached hydrogen (secondary N) is 1. The molecule has 2 aromatic rings.